The molecular weight excluding hydrogens is 426 g/mol. The Morgan fingerprint density at radius 3 is 2.44 bits per heavy atom. The molecule has 3 aromatic rings. The summed E-state index contributed by atoms with van der Waals surface area (Å²) in [6, 6.07) is 12.2. The van der Waals surface area contributed by atoms with Gasteiger partial charge < -0.3 is 15.2 Å². The van der Waals surface area contributed by atoms with Crippen LogP contribution in [0, 0.1) is 5.41 Å². The van der Waals surface area contributed by atoms with Crippen LogP contribution in [0.1, 0.15) is 56.6 Å². The molecule has 2 amide bonds. The summed E-state index contributed by atoms with van der Waals surface area (Å²) in [4.78, 5) is 37.8. The number of halogens is 1. The van der Waals surface area contributed by atoms with Crippen molar-refractivity contribution < 1.29 is 9.59 Å². The SMILES string of the molecule is CC(C)n1ccc2ccc(NC(=O)c3cc(CNC(=O)C(C)(C)C)ccc3Cl)cc2c1=O. The Bertz CT molecular complexity index is 1240. The first-order valence-corrected chi connectivity index (χ1v) is 10.9. The van der Waals surface area contributed by atoms with Crippen LogP contribution in [0.3, 0.4) is 0 Å². The molecule has 1 aromatic heterocycles. The highest BCUT2D eigenvalue weighted by Crippen LogP contribution is 2.22. The minimum atomic E-state index is -0.503. The first kappa shape index (κ1) is 23.5. The summed E-state index contributed by atoms with van der Waals surface area (Å²) in [6.45, 7) is 9.68. The summed E-state index contributed by atoms with van der Waals surface area (Å²) in [5, 5.41) is 7.33. The van der Waals surface area contributed by atoms with Crippen molar-refractivity contribution in [3.05, 3.63) is 75.2 Å². The number of anilines is 1. The summed E-state index contributed by atoms with van der Waals surface area (Å²) in [6.07, 6.45) is 1.78. The van der Waals surface area contributed by atoms with E-state index in [0.717, 1.165) is 10.9 Å². The number of carbonyl (C=O) groups excluding carboxylic acids is 2. The van der Waals surface area contributed by atoms with Crippen molar-refractivity contribution in [3.8, 4) is 0 Å². The van der Waals surface area contributed by atoms with Crippen LogP contribution in [-0.4, -0.2) is 16.4 Å². The second kappa shape index (κ2) is 9.17. The van der Waals surface area contributed by atoms with Crippen molar-refractivity contribution in [1.29, 1.82) is 0 Å². The molecule has 0 fully saturated rings. The van der Waals surface area contributed by atoms with Crippen LogP contribution < -0.4 is 16.2 Å². The zero-order valence-corrected chi connectivity index (χ0v) is 19.7. The van der Waals surface area contributed by atoms with Gasteiger partial charge in [0.1, 0.15) is 0 Å². The lowest BCUT2D eigenvalue weighted by molar-refractivity contribution is -0.128. The zero-order valence-electron chi connectivity index (χ0n) is 19.0. The molecule has 168 valence electrons. The average molecular weight is 454 g/mol. The van der Waals surface area contributed by atoms with E-state index >= 15 is 0 Å². The van der Waals surface area contributed by atoms with Gasteiger partial charge in [0, 0.05) is 35.3 Å². The van der Waals surface area contributed by atoms with Crippen molar-refractivity contribution in [1.82, 2.24) is 9.88 Å². The number of nitrogens with one attached hydrogen (secondary N) is 2. The molecule has 1 heterocycles. The molecule has 0 saturated heterocycles. The predicted octanol–water partition coefficient (Wildman–Crippen LogP) is 5.15. The molecule has 0 aliphatic rings. The number of amides is 2. The van der Waals surface area contributed by atoms with E-state index in [1.54, 1.807) is 47.2 Å². The maximum Gasteiger partial charge on any atom is 0.258 e. The molecule has 2 N–H and O–H groups in total. The number of carbonyl (C=O) groups is 2. The first-order valence-electron chi connectivity index (χ1n) is 10.5. The van der Waals surface area contributed by atoms with Crippen LogP contribution in [-0.2, 0) is 11.3 Å². The Balaban J connectivity index is 1.83. The number of hydrogen-bond acceptors (Lipinski definition) is 3. The minimum Gasteiger partial charge on any atom is -0.352 e. The Kier molecular flexibility index (Phi) is 6.74. The maximum atomic E-state index is 12.9. The van der Waals surface area contributed by atoms with Crippen molar-refractivity contribution in [3.63, 3.8) is 0 Å². The van der Waals surface area contributed by atoms with Gasteiger partial charge in [-0.1, -0.05) is 44.5 Å². The van der Waals surface area contributed by atoms with E-state index in [4.69, 9.17) is 11.6 Å². The maximum absolute atomic E-state index is 12.9. The van der Waals surface area contributed by atoms with Gasteiger partial charge in [0.2, 0.25) is 5.91 Å². The van der Waals surface area contributed by atoms with Gasteiger partial charge in [-0.25, -0.2) is 0 Å². The summed E-state index contributed by atoms with van der Waals surface area (Å²) in [7, 11) is 0. The van der Waals surface area contributed by atoms with Gasteiger partial charge in [0.15, 0.2) is 0 Å². The van der Waals surface area contributed by atoms with E-state index in [-0.39, 0.29) is 24.1 Å². The topological polar surface area (TPSA) is 80.2 Å². The molecule has 0 aliphatic carbocycles. The van der Waals surface area contributed by atoms with Gasteiger partial charge in [-0.15, -0.1) is 0 Å². The molecule has 0 unspecified atom stereocenters. The molecule has 0 aliphatic heterocycles. The van der Waals surface area contributed by atoms with Gasteiger partial charge >= 0.3 is 0 Å². The highest BCUT2D eigenvalue weighted by Gasteiger charge is 2.21. The standard InChI is InChI=1S/C25H28ClN3O3/c1-15(2)29-11-10-17-7-8-18(13-19(17)23(29)31)28-22(30)20-12-16(6-9-21(20)26)14-27-24(32)25(3,4)5/h6-13,15H,14H2,1-5H3,(H,27,32)(H,28,30). The van der Waals surface area contributed by atoms with E-state index in [1.807, 2.05) is 40.7 Å². The highest BCUT2D eigenvalue weighted by molar-refractivity contribution is 6.34. The molecule has 7 heteroatoms. The number of nitrogens with zero attached hydrogens (tertiary/aromatic N) is 1. The molecule has 0 spiro atoms. The molecule has 32 heavy (non-hydrogen) atoms. The van der Waals surface area contributed by atoms with Gasteiger partial charge in [-0.3, -0.25) is 14.4 Å². The smallest absolute Gasteiger partial charge is 0.258 e. The minimum absolute atomic E-state index is 0.0328. The number of hydrogen-bond donors (Lipinski definition) is 2. The molecule has 3 rings (SSSR count). The molecule has 6 nitrogen and oxygen atoms in total. The fourth-order valence-electron chi connectivity index (χ4n) is 3.24. The number of fused-ring (bicyclic) bond motifs is 1. The predicted molar refractivity (Wildman–Crippen MR) is 129 cm³/mol. The zero-order chi connectivity index (χ0) is 23.6. The fraction of sp³-hybridized carbons (Fsp3) is 0.320. The summed E-state index contributed by atoms with van der Waals surface area (Å²) >= 11 is 6.27. The van der Waals surface area contributed by atoms with Crippen LogP contribution in [0.25, 0.3) is 10.8 Å². The van der Waals surface area contributed by atoms with Crippen molar-refractivity contribution in [2.24, 2.45) is 5.41 Å². The molecule has 2 aromatic carbocycles. The summed E-state index contributed by atoms with van der Waals surface area (Å²) in [5.74, 6) is -0.472. The van der Waals surface area contributed by atoms with Crippen LogP contribution in [0.4, 0.5) is 5.69 Å². The van der Waals surface area contributed by atoms with Crippen LogP contribution in [0.2, 0.25) is 5.02 Å². The van der Waals surface area contributed by atoms with Gasteiger partial charge in [0.25, 0.3) is 11.5 Å². The van der Waals surface area contributed by atoms with Crippen molar-refractivity contribution >= 4 is 39.9 Å². The molecular formula is C25H28ClN3O3. The van der Waals surface area contributed by atoms with Gasteiger partial charge in [0.05, 0.1) is 10.6 Å². The monoisotopic (exact) mass is 453 g/mol. The second-order valence-electron chi connectivity index (χ2n) is 9.12. The highest BCUT2D eigenvalue weighted by atomic mass is 35.5. The van der Waals surface area contributed by atoms with E-state index in [2.05, 4.69) is 10.6 Å². The lowest BCUT2D eigenvalue weighted by Gasteiger charge is -2.18. The van der Waals surface area contributed by atoms with E-state index < -0.39 is 11.3 Å². The van der Waals surface area contributed by atoms with E-state index in [1.165, 1.54) is 0 Å². The third-order valence-electron chi connectivity index (χ3n) is 5.16. The Labute approximate surface area is 192 Å². The summed E-state index contributed by atoms with van der Waals surface area (Å²) < 4.78 is 1.65. The number of aromatic nitrogens is 1. The fourth-order valence-corrected chi connectivity index (χ4v) is 3.44. The Morgan fingerprint density at radius 2 is 1.78 bits per heavy atom. The van der Waals surface area contributed by atoms with Crippen LogP contribution >= 0.6 is 11.6 Å². The van der Waals surface area contributed by atoms with E-state index in [9.17, 15) is 14.4 Å². The van der Waals surface area contributed by atoms with Crippen molar-refractivity contribution in [2.45, 2.75) is 47.2 Å². The lowest BCUT2D eigenvalue weighted by atomic mass is 9.95. The number of benzene rings is 2. The number of pyridine rings is 1. The number of rotatable bonds is 5. The quantitative estimate of drug-likeness (QED) is 0.560. The third-order valence-corrected chi connectivity index (χ3v) is 5.49. The van der Waals surface area contributed by atoms with Crippen LogP contribution in [0.5, 0.6) is 0 Å². The third kappa shape index (κ3) is 5.19. The molecule has 0 bridgehead atoms. The normalized spacial score (nSPS) is 11.6. The summed E-state index contributed by atoms with van der Waals surface area (Å²) in [5.41, 5.74) is 0.945. The molecule has 0 saturated carbocycles. The van der Waals surface area contributed by atoms with Gasteiger partial charge in [-0.2, -0.15) is 0 Å². The Morgan fingerprint density at radius 1 is 1.06 bits per heavy atom. The van der Waals surface area contributed by atoms with E-state index in [0.29, 0.717) is 21.7 Å². The average Bonchev–Trinajstić information content (AvgIpc) is 2.72. The molecule has 0 radical (unpaired) electrons. The van der Waals surface area contributed by atoms with Crippen LogP contribution in [0.15, 0.2) is 53.5 Å². The van der Waals surface area contributed by atoms with Gasteiger partial charge in [-0.05, 0) is 55.1 Å². The first-order chi connectivity index (χ1) is 15.0. The largest absolute Gasteiger partial charge is 0.352 e. The second-order valence-corrected chi connectivity index (χ2v) is 9.53. The van der Waals surface area contributed by atoms with Crippen molar-refractivity contribution in [2.75, 3.05) is 5.32 Å². The lowest BCUT2D eigenvalue weighted by Crippen LogP contribution is -2.34. The Hall–Kier alpha value is -3.12. The molecule has 0 atom stereocenters.